The van der Waals surface area contributed by atoms with E-state index in [1.54, 1.807) is 0 Å². The van der Waals surface area contributed by atoms with Gasteiger partial charge in [-0.2, -0.15) is 0 Å². The van der Waals surface area contributed by atoms with Crippen LogP contribution in [0.4, 0.5) is 0 Å². The van der Waals surface area contributed by atoms with Crippen molar-refractivity contribution in [3.8, 4) is 0 Å². The molecule has 1 heterocycles. The molecule has 0 radical (unpaired) electrons. The molecule has 1 aliphatic carbocycles. The molecule has 1 atom stereocenters. The molecule has 1 aromatic carbocycles. The fourth-order valence-corrected chi connectivity index (χ4v) is 3.90. The Morgan fingerprint density at radius 1 is 1.33 bits per heavy atom. The number of amides is 1. The maximum atomic E-state index is 12.4. The Hall–Kier alpha value is -1.77. The van der Waals surface area contributed by atoms with Crippen LogP contribution in [0.3, 0.4) is 0 Å². The summed E-state index contributed by atoms with van der Waals surface area (Å²) in [5, 5.41) is 9.72. The van der Waals surface area contributed by atoms with E-state index in [2.05, 4.69) is 10.6 Å². The average Bonchev–Trinajstić information content (AvgIpc) is 3.45. The van der Waals surface area contributed by atoms with E-state index in [9.17, 15) is 4.79 Å². The molecule has 1 saturated carbocycles. The highest BCUT2D eigenvalue weighted by Crippen LogP contribution is 2.36. The number of piperidine rings is 1. The molecule has 7 nitrogen and oxygen atoms in total. The van der Waals surface area contributed by atoms with Gasteiger partial charge in [0.15, 0.2) is 5.84 Å². The van der Waals surface area contributed by atoms with Crippen LogP contribution in [0.5, 0.6) is 0 Å². The highest BCUT2D eigenvalue weighted by atomic mass is 32.2. The van der Waals surface area contributed by atoms with Gasteiger partial charge >= 0.3 is 0 Å². The van der Waals surface area contributed by atoms with Gasteiger partial charge in [-0.15, -0.1) is 5.10 Å². The Balaban J connectivity index is 1.90. The zero-order chi connectivity index (χ0) is 17.1. The molecule has 0 aromatic heterocycles. The summed E-state index contributed by atoms with van der Waals surface area (Å²) in [7, 11) is 0. The monoisotopic (exact) mass is 348 g/mol. The Labute approximate surface area is 146 Å². The topological polar surface area (TPSA) is 123 Å². The van der Waals surface area contributed by atoms with Crippen LogP contribution >= 0.6 is 11.9 Å². The van der Waals surface area contributed by atoms with Crippen molar-refractivity contribution in [2.45, 2.75) is 36.5 Å². The summed E-state index contributed by atoms with van der Waals surface area (Å²) in [4.78, 5) is 15.3. The maximum absolute atomic E-state index is 12.4. The summed E-state index contributed by atoms with van der Waals surface area (Å²) >= 11 is 1.14. The van der Waals surface area contributed by atoms with Gasteiger partial charge in [-0.05, 0) is 49.3 Å². The molecule has 24 heavy (non-hydrogen) atoms. The van der Waals surface area contributed by atoms with E-state index in [0.29, 0.717) is 11.7 Å². The van der Waals surface area contributed by atoms with Gasteiger partial charge in [-0.25, -0.2) is 11.4 Å². The molecular formula is C16H24N6OS. The third kappa shape index (κ3) is 3.50. The summed E-state index contributed by atoms with van der Waals surface area (Å²) in [6.45, 7) is 1.57. The smallest absolute Gasteiger partial charge is 0.225 e. The number of benzene rings is 1. The molecule has 2 aliphatic rings. The first-order valence-corrected chi connectivity index (χ1v) is 9.11. The summed E-state index contributed by atoms with van der Waals surface area (Å²) in [6.07, 6.45) is 4.08. The van der Waals surface area contributed by atoms with Crippen molar-refractivity contribution in [3.05, 3.63) is 29.3 Å². The summed E-state index contributed by atoms with van der Waals surface area (Å²) < 4.78 is 0. The number of hydrogen-bond donors (Lipinski definition) is 4. The van der Waals surface area contributed by atoms with Crippen molar-refractivity contribution < 1.29 is 4.79 Å². The molecule has 2 fully saturated rings. The van der Waals surface area contributed by atoms with Crippen LogP contribution in [0.2, 0.25) is 0 Å². The highest BCUT2D eigenvalue weighted by molar-refractivity contribution is 7.97. The summed E-state index contributed by atoms with van der Waals surface area (Å²) in [6, 6.07) is 5.93. The number of nitrogens with one attached hydrogen (secondary N) is 1. The van der Waals surface area contributed by atoms with Gasteiger partial charge < -0.3 is 10.6 Å². The van der Waals surface area contributed by atoms with Gasteiger partial charge in [-0.3, -0.25) is 9.93 Å². The predicted octanol–water partition coefficient (Wildman–Crippen LogP) is 0.852. The van der Waals surface area contributed by atoms with E-state index in [-0.39, 0.29) is 11.8 Å². The fraction of sp³-hybridized carbons (Fsp3) is 0.500. The van der Waals surface area contributed by atoms with Gasteiger partial charge in [0.1, 0.15) is 0 Å². The molecule has 130 valence electrons. The van der Waals surface area contributed by atoms with Crippen molar-refractivity contribution in [1.82, 2.24) is 10.4 Å². The van der Waals surface area contributed by atoms with Gasteiger partial charge in [0.2, 0.25) is 5.91 Å². The standard InChI is InChI=1S/C16H24N6OS/c17-15(20-21-18)14-12(4-1-5-13(14)24-19)11-3-2-8-22(9-11)16(23)10-6-7-10/h1,4-5,10-11,21H,2-3,6-9,18-19H2,(H2,17,20). The minimum Gasteiger partial charge on any atom is -0.382 e. The van der Waals surface area contributed by atoms with Gasteiger partial charge in [-0.1, -0.05) is 12.1 Å². The van der Waals surface area contributed by atoms with E-state index < -0.39 is 0 Å². The largest absolute Gasteiger partial charge is 0.382 e. The number of hydrazine groups is 1. The molecule has 1 unspecified atom stereocenters. The lowest BCUT2D eigenvalue weighted by Crippen LogP contribution is -2.40. The lowest BCUT2D eigenvalue weighted by atomic mass is 9.87. The number of hydrogen-bond acceptors (Lipinski definition) is 6. The number of carbonyl (C=O) groups excluding carboxylic acids is 1. The molecule has 7 N–H and O–H groups in total. The molecule has 1 aliphatic heterocycles. The zero-order valence-electron chi connectivity index (χ0n) is 13.6. The third-order valence-electron chi connectivity index (χ3n) is 4.73. The average molecular weight is 348 g/mol. The lowest BCUT2D eigenvalue weighted by Gasteiger charge is -2.34. The van der Waals surface area contributed by atoms with Crippen molar-refractivity contribution in [1.29, 1.82) is 0 Å². The molecule has 0 spiro atoms. The molecule has 1 saturated heterocycles. The number of carbonyl (C=O) groups is 1. The lowest BCUT2D eigenvalue weighted by molar-refractivity contribution is -0.133. The normalized spacial score (nSPS) is 21.7. The molecule has 3 rings (SSSR count). The second-order valence-electron chi connectivity index (χ2n) is 6.36. The summed E-state index contributed by atoms with van der Waals surface area (Å²) in [5.74, 6) is 6.38. The van der Waals surface area contributed by atoms with Crippen molar-refractivity contribution in [2.24, 2.45) is 27.7 Å². The number of nitrogens with two attached hydrogens (primary N) is 3. The van der Waals surface area contributed by atoms with E-state index >= 15 is 0 Å². The quantitative estimate of drug-likeness (QED) is 0.206. The Kier molecular flexibility index (Phi) is 5.27. The second-order valence-corrected chi connectivity index (χ2v) is 7.04. The van der Waals surface area contributed by atoms with Crippen LogP contribution in [0.15, 0.2) is 28.2 Å². The van der Waals surface area contributed by atoms with Gasteiger partial charge in [0.25, 0.3) is 0 Å². The highest BCUT2D eigenvalue weighted by Gasteiger charge is 2.36. The van der Waals surface area contributed by atoms with Crippen LogP contribution in [-0.4, -0.2) is 29.7 Å². The van der Waals surface area contributed by atoms with Gasteiger partial charge in [0, 0.05) is 35.4 Å². The maximum Gasteiger partial charge on any atom is 0.225 e. The van der Waals surface area contributed by atoms with Crippen molar-refractivity contribution >= 4 is 23.7 Å². The Bertz CT molecular complexity index is 645. The number of nitrogens with zero attached hydrogens (tertiary/aromatic N) is 2. The number of amidine groups is 1. The third-order valence-corrected chi connectivity index (χ3v) is 5.32. The zero-order valence-corrected chi connectivity index (χ0v) is 14.4. The number of rotatable bonds is 5. The van der Waals surface area contributed by atoms with Crippen LogP contribution in [0.25, 0.3) is 0 Å². The van der Waals surface area contributed by atoms with Crippen LogP contribution in [0, 0.1) is 5.92 Å². The Morgan fingerprint density at radius 2 is 2.12 bits per heavy atom. The van der Waals surface area contributed by atoms with Crippen molar-refractivity contribution in [2.75, 3.05) is 13.1 Å². The summed E-state index contributed by atoms with van der Waals surface area (Å²) in [5.41, 5.74) is 10.2. The number of likely N-dealkylation sites (tertiary alicyclic amines) is 1. The molecule has 0 bridgehead atoms. The van der Waals surface area contributed by atoms with E-state index in [0.717, 1.165) is 66.7 Å². The first kappa shape index (κ1) is 17.1. The molecule has 1 amide bonds. The molecular weight excluding hydrogens is 324 g/mol. The first-order valence-electron chi connectivity index (χ1n) is 8.23. The fourth-order valence-electron chi connectivity index (χ4n) is 3.41. The van der Waals surface area contributed by atoms with E-state index in [4.69, 9.17) is 16.7 Å². The van der Waals surface area contributed by atoms with E-state index in [1.807, 2.05) is 23.1 Å². The molecule has 8 heteroatoms. The van der Waals surface area contributed by atoms with E-state index in [1.165, 1.54) is 0 Å². The first-order chi connectivity index (χ1) is 11.7. The minimum atomic E-state index is 0.232. The van der Waals surface area contributed by atoms with Crippen LogP contribution < -0.4 is 22.3 Å². The van der Waals surface area contributed by atoms with Crippen molar-refractivity contribution in [3.63, 3.8) is 0 Å². The predicted molar refractivity (Wildman–Crippen MR) is 95.8 cm³/mol. The second kappa shape index (κ2) is 7.42. The van der Waals surface area contributed by atoms with Crippen LogP contribution in [-0.2, 0) is 4.79 Å². The van der Waals surface area contributed by atoms with Gasteiger partial charge in [0.05, 0.1) is 0 Å². The minimum absolute atomic E-state index is 0.232. The Morgan fingerprint density at radius 3 is 2.79 bits per heavy atom. The molecule has 1 aromatic rings. The number of hydrazone groups is 1. The van der Waals surface area contributed by atoms with Crippen LogP contribution in [0.1, 0.15) is 42.7 Å². The SMILES string of the molecule is NN/N=C(\N)c1c(SN)cccc1C1CCCN(C(=O)C2CC2)C1.